The number of carbonyl (C=O) groups excluding carboxylic acids is 1. The van der Waals surface area contributed by atoms with E-state index >= 15 is 0 Å². The van der Waals surface area contributed by atoms with Gasteiger partial charge in [-0.3, -0.25) is 4.79 Å². The van der Waals surface area contributed by atoms with Crippen LogP contribution < -0.4 is 11.1 Å². The van der Waals surface area contributed by atoms with Gasteiger partial charge in [0.25, 0.3) is 0 Å². The Bertz CT molecular complexity index is 228. The first-order valence-electron chi connectivity index (χ1n) is 7.23. The highest BCUT2D eigenvalue weighted by atomic mass is 16.5. The van der Waals surface area contributed by atoms with Crippen LogP contribution in [0.3, 0.4) is 0 Å². The SMILES string of the molecule is COCC(N)CCNC(=O)CCC1CCCCC1. The maximum atomic E-state index is 11.6. The molecule has 18 heavy (non-hydrogen) atoms. The quantitative estimate of drug-likeness (QED) is 0.696. The van der Waals surface area contributed by atoms with Crippen molar-refractivity contribution in [3.8, 4) is 0 Å². The van der Waals surface area contributed by atoms with Crippen LogP contribution in [0.5, 0.6) is 0 Å². The van der Waals surface area contributed by atoms with Gasteiger partial charge < -0.3 is 15.8 Å². The molecule has 0 aromatic heterocycles. The maximum Gasteiger partial charge on any atom is 0.220 e. The second kappa shape index (κ2) is 9.34. The predicted molar refractivity (Wildman–Crippen MR) is 73.3 cm³/mol. The molecular weight excluding hydrogens is 228 g/mol. The summed E-state index contributed by atoms with van der Waals surface area (Å²) in [7, 11) is 1.64. The summed E-state index contributed by atoms with van der Waals surface area (Å²) in [6.45, 7) is 1.21. The normalized spacial score (nSPS) is 18.6. The van der Waals surface area contributed by atoms with Gasteiger partial charge in [0.05, 0.1) is 6.61 Å². The van der Waals surface area contributed by atoms with E-state index in [1.54, 1.807) is 7.11 Å². The zero-order chi connectivity index (χ0) is 13.2. The molecule has 0 bridgehead atoms. The number of rotatable bonds is 8. The van der Waals surface area contributed by atoms with E-state index in [1.165, 1.54) is 32.1 Å². The Kier molecular flexibility index (Phi) is 8.01. The number of methoxy groups -OCH3 is 1. The molecule has 1 aliphatic rings. The zero-order valence-electron chi connectivity index (χ0n) is 11.6. The van der Waals surface area contributed by atoms with Crippen molar-refractivity contribution in [2.45, 2.75) is 57.4 Å². The maximum absolute atomic E-state index is 11.6. The molecule has 0 spiro atoms. The number of ether oxygens (including phenoxy) is 1. The predicted octanol–water partition coefficient (Wildman–Crippen LogP) is 1.83. The number of nitrogens with one attached hydrogen (secondary N) is 1. The summed E-state index contributed by atoms with van der Waals surface area (Å²) in [6.07, 6.45) is 9.19. The number of hydrogen-bond donors (Lipinski definition) is 2. The smallest absolute Gasteiger partial charge is 0.220 e. The minimum absolute atomic E-state index is 0.0219. The van der Waals surface area contributed by atoms with E-state index in [1.807, 2.05) is 0 Å². The van der Waals surface area contributed by atoms with Crippen LogP contribution in [0.4, 0.5) is 0 Å². The first-order valence-corrected chi connectivity index (χ1v) is 7.23. The molecule has 0 aliphatic heterocycles. The third-order valence-electron chi connectivity index (χ3n) is 3.72. The van der Waals surface area contributed by atoms with Gasteiger partial charge in [0.1, 0.15) is 0 Å². The molecule has 1 aliphatic carbocycles. The summed E-state index contributed by atoms with van der Waals surface area (Å²) < 4.78 is 4.95. The van der Waals surface area contributed by atoms with Gasteiger partial charge in [-0.15, -0.1) is 0 Å². The van der Waals surface area contributed by atoms with Crippen molar-refractivity contribution in [1.29, 1.82) is 0 Å². The van der Waals surface area contributed by atoms with Crippen molar-refractivity contribution in [1.82, 2.24) is 5.32 Å². The summed E-state index contributed by atoms with van der Waals surface area (Å²) >= 11 is 0. The fourth-order valence-electron chi connectivity index (χ4n) is 2.59. The molecule has 0 heterocycles. The standard InChI is InChI=1S/C14H28N2O2/c1-18-11-13(15)9-10-16-14(17)8-7-12-5-3-2-4-6-12/h12-13H,2-11,15H2,1H3,(H,16,17). The number of amides is 1. The summed E-state index contributed by atoms with van der Waals surface area (Å²) in [5.41, 5.74) is 5.79. The lowest BCUT2D eigenvalue weighted by atomic mass is 9.86. The largest absolute Gasteiger partial charge is 0.383 e. The molecule has 1 rings (SSSR count). The van der Waals surface area contributed by atoms with Gasteiger partial charge in [-0.2, -0.15) is 0 Å². The van der Waals surface area contributed by atoms with Crippen LogP contribution >= 0.6 is 0 Å². The average Bonchev–Trinajstić information content (AvgIpc) is 2.38. The van der Waals surface area contributed by atoms with E-state index in [4.69, 9.17) is 10.5 Å². The fourth-order valence-corrected chi connectivity index (χ4v) is 2.59. The highest BCUT2D eigenvalue weighted by molar-refractivity contribution is 5.75. The number of carbonyl (C=O) groups is 1. The topological polar surface area (TPSA) is 64.3 Å². The zero-order valence-corrected chi connectivity index (χ0v) is 11.6. The Morgan fingerprint density at radius 3 is 2.78 bits per heavy atom. The van der Waals surface area contributed by atoms with E-state index in [0.717, 1.165) is 18.8 Å². The molecule has 1 saturated carbocycles. The molecule has 1 fully saturated rings. The summed E-state index contributed by atoms with van der Waals surface area (Å²) in [5, 5.41) is 2.94. The van der Waals surface area contributed by atoms with Crippen LogP contribution in [0.2, 0.25) is 0 Å². The lowest BCUT2D eigenvalue weighted by Gasteiger charge is -2.21. The molecule has 1 amide bonds. The van der Waals surface area contributed by atoms with E-state index in [0.29, 0.717) is 19.6 Å². The second-order valence-corrected chi connectivity index (χ2v) is 5.40. The van der Waals surface area contributed by atoms with Crippen LogP contribution in [0.25, 0.3) is 0 Å². The Morgan fingerprint density at radius 2 is 2.11 bits per heavy atom. The molecule has 4 heteroatoms. The van der Waals surface area contributed by atoms with Crippen LogP contribution in [0, 0.1) is 5.92 Å². The van der Waals surface area contributed by atoms with Crippen molar-refractivity contribution in [2.24, 2.45) is 11.7 Å². The van der Waals surface area contributed by atoms with E-state index in [9.17, 15) is 4.79 Å². The molecule has 0 radical (unpaired) electrons. The Balaban J connectivity index is 1.99. The summed E-state index contributed by atoms with van der Waals surface area (Å²) in [4.78, 5) is 11.6. The van der Waals surface area contributed by atoms with Gasteiger partial charge in [0, 0.05) is 26.1 Å². The minimum Gasteiger partial charge on any atom is -0.383 e. The van der Waals surface area contributed by atoms with Crippen molar-refractivity contribution < 1.29 is 9.53 Å². The molecular formula is C14H28N2O2. The van der Waals surface area contributed by atoms with Gasteiger partial charge in [-0.05, 0) is 18.8 Å². The van der Waals surface area contributed by atoms with Crippen molar-refractivity contribution >= 4 is 5.91 Å². The monoisotopic (exact) mass is 256 g/mol. The third-order valence-corrected chi connectivity index (χ3v) is 3.72. The van der Waals surface area contributed by atoms with Crippen LogP contribution in [0.15, 0.2) is 0 Å². The first-order chi connectivity index (χ1) is 8.72. The molecule has 3 N–H and O–H groups in total. The Morgan fingerprint density at radius 1 is 1.39 bits per heavy atom. The van der Waals surface area contributed by atoms with Crippen LogP contribution in [-0.4, -0.2) is 32.2 Å². The van der Waals surface area contributed by atoms with Gasteiger partial charge >= 0.3 is 0 Å². The van der Waals surface area contributed by atoms with E-state index < -0.39 is 0 Å². The molecule has 4 nitrogen and oxygen atoms in total. The molecule has 1 atom stereocenters. The second-order valence-electron chi connectivity index (χ2n) is 5.40. The molecule has 0 aromatic carbocycles. The van der Waals surface area contributed by atoms with E-state index in [2.05, 4.69) is 5.32 Å². The number of nitrogens with two attached hydrogens (primary N) is 1. The summed E-state index contributed by atoms with van der Waals surface area (Å²) in [5.74, 6) is 0.949. The van der Waals surface area contributed by atoms with Crippen molar-refractivity contribution in [2.75, 3.05) is 20.3 Å². The first kappa shape index (κ1) is 15.4. The van der Waals surface area contributed by atoms with E-state index in [-0.39, 0.29) is 11.9 Å². The molecule has 1 unspecified atom stereocenters. The lowest BCUT2D eigenvalue weighted by Crippen LogP contribution is -2.33. The van der Waals surface area contributed by atoms with Gasteiger partial charge in [0.15, 0.2) is 0 Å². The molecule has 0 aromatic rings. The minimum atomic E-state index is 0.0219. The highest BCUT2D eigenvalue weighted by Crippen LogP contribution is 2.27. The summed E-state index contributed by atoms with van der Waals surface area (Å²) in [6, 6.07) is 0.0219. The van der Waals surface area contributed by atoms with Crippen molar-refractivity contribution in [3.63, 3.8) is 0 Å². The van der Waals surface area contributed by atoms with Gasteiger partial charge in [-0.25, -0.2) is 0 Å². The highest BCUT2D eigenvalue weighted by Gasteiger charge is 2.14. The third kappa shape index (κ3) is 6.97. The fraction of sp³-hybridized carbons (Fsp3) is 0.929. The van der Waals surface area contributed by atoms with Crippen LogP contribution in [0.1, 0.15) is 51.4 Å². The number of hydrogen-bond acceptors (Lipinski definition) is 3. The van der Waals surface area contributed by atoms with Gasteiger partial charge in [0.2, 0.25) is 5.91 Å². The van der Waals surface area contributed by atoms with Crippen LogP contribution in [-0.2, 0) is 9.53 Å². The lowest BCUT2D eigenvalue weighted by molar-refractivity contribution is -0.121. The van der Waals surface area contributed by atoms with Gasteiger partial charge in [-0.1, -0.05) is 32.1 Å². The average molecular weight is 256 g/mol. The molecule has 106 valence electrons. The van der Waals surface area contributed by atoms with Crippen molar-refractivity contribution in [3.05, 3.63) is 0 Å². The Hall–Kier alpha value is -0.610. The Labute approximate surface area is 111 Å². The molecule has 0 saturated heterocycles.